The molecule has 0 aliphatic carbocycles. The lowest BCUT2D eigenvalue weighted by atomic mass is 10.1. The molecule has 0 fully saturated rings. The van der Waals surface area contributed by atoms with E-state index in [1.54, 1.807) is 27.7 Å². The maximum absolute atomic E-state index is 12.9. The molecule has 1 aromatic carbocycles. The Bertz CT molecular complexity index is 953. The van der Waals surface area contributed by atoms with Gasteiger partial charge in [0, 0.05) is 10.0 Å². The largest absolute Gasteiger partial charge is 0.472 e. The van der Waals surface area contributed by atoms with E-state index in [9.17, 15) is 21.6 Å². The number of halogens is 1. The molecule has 2 N–H and O–H groups in total. The molecule has 0 heterocycles. The van der Waals surface area contributed by atoms with Crippen LogP contribution in [0.4, 0.5) is 0 Å². The second-order valence-electron chi connectivity index (χ2n) is 6.38. The van der Waals surface area contributed by atoms with E-state index in [4.69, 9.17) is 33.9 Å². The van der Waals surface area contributed by atoms with Crippen molar-refractivity contribution < 1.29 is 31.1 Å². The van der Waals surface area contributed by atoms with Crippen molar-refractivity contribution in [2.45, 2.75) is 46.1 Å². The van der Waals surface area contributed by atoms with Crippen molar-refractivity contribution in [3.05, 3.63) is 34.3 Å². The number of thiocarbonyl (C=S) groups is 2. The first-order valence-electron chi connectivity index (χ1n) is 8.41. The zero-order chi connectivity index (χ0) is 23.3. The van der Waals surface area contributed by atoms with E-state index in [1.807, 2.05) is 9.44 Å². The van der Waals surface area contributed by atoms with E-state index < -0.39 is 53.0 Å². The number of ketones is 1. The van der Waals surface area contributed by atoms with Crippen LogP contribution in [0.2, 0.25) is 0 Å². The highest BCUT2D eigenvalue weighted by molar-refractivity contribution is 9.10. The summed E-state index contributed by atoms with van der Waals surface area (Å²) in [4.78, 5) is 12.9. The van der Waals surface area contributed by atoms with Gasteiger partial charge in [0.05, 0.1) is 12.2 Å². The molecule has 30 heavy (non-hydrogen) atoms. The van der Waals surface area contributed by atoms with Crippen LogP contribution in [0.5, 0.6) is 0 Å². The fourth-order valence-corrected chi connectivity index (χ4v) is 4.63. The van der Waals surface area contributed by atoms with E-state index in [-0.39, 0.29) is 5.56 Å². The van der Waals surface area contributed by atoms with Gasteiger partial charge in [-0.3, -0.25) is 4.79 Å². The summed E-state index contributed by atoms with van der Waals surface area (Å²) < 4.78 is 62.6. The third kappa shape index (κ3) is 8.24. The van der Waals surface area contributed by atoms with Gasteiger partial charge in [-0.15, -0.1) is 0 Å². The second kappa shape index (κ2) is 11.0. The summed E-state index contributed by atoms with van der Waals surface area (Å²) in [6.07, 6.45) is -3.07. The van der Waals surface area contributed by atoms with Crippen LogP contribution >= 0.6 is 40.4 Å². The van der Waals surface area contributed by atoms with Crippen molar-refractivity contribution >= 4 is 75.0 Å². The minimum atomic E-state index is -4.52. The van der Waals surface area contributed by atoms with Crippen LogP contribution in [0.1, 0.15) is 38.1 Å². The smallest absolute Gasteiger partial charge is 0.295 e. The summed E-state index contributed by atoms with van der Waals surface area (Å²) in [5.74, 6) is -0.894. The highest BCUT2D eigenvalue weighted by Gasteiger charge is 2.34. The minimum absolute atomic E-state index is 0.0278. The van der Waals surface area contributed by atoms with Crippen LogP contribution in [0.15, 0.2) is 28.7 Å². The number of Topliss-reactive ketones (excluding diaryl/α,β-unsaturated/α-hetero) is 1. The van der Waals surface area contributed by atoms with Gasteiger partial charge < -0.3 is 9.47 Å². The summed E-state index contributed by atoms with van der Waals surface area (Å²) in [6.45, 7) is 6.21. The van der Waals surface area contributed by atoms with E-state index in [1.165, 1.54) is 24.3 Å². The average molecular weight is 562 g/mol. The molecule has 0 saturated heterocycles. The molecule has 0 unspecified atom stereocenters. The Morgan fingerprint density at radius 1 is 0.867 bits per heavy atom. The molecule has 0 spiro atoms. The first kappa shape index (κ1) is 27.0. The fourth-order valence-electron chi connectivity index (χ4n) is 1.83. The summed E-state index contributed by atoms with van der Waals surface area (Å²) in [5.41, 5.74) is 0.0278. The third-order valence-electron chi connectivity index (χ3n) is 3.04. The zero-order valence-electron chi connectivity index (χ0n) is 16.4. The van der Waals surface area contributed by atoms with Gasteiger partial charge in [0.2, 0.25) is 0 Å². The van der Waals surface area contributed by atoms with Crippen molar-refractivity contribution in [1.82, 2.24) is 9.44 Å². The molecule has 0 aliphatic rings. The third-order valence-corrected chi connectivity index (χ3v) is 7.24. The van der Waals surface area contributed by atoms with Crippen LogP contribution in [0.25, 0.3) is 0 Å². The van der Waals surface area contributed by atoms with Gasteiger partial charge in [-0.25, -0.2) is 16.8 Å². The number of carbonyl (C=O) groups excluding carboxylic acids is 1. The monoisotopic (exact) mass is 560 g/mol. The summed E-state index contributed by atoms with van der Waals surface area (Å²) >= 11 is 12.7. The maximum Gasteiger partial charge on any atom is 0.295 e. The SMILES string of the molecule is CC(C)OC(=S)S(=O)(=O)NC(NS(=O)(=O)C(=S)OC(C)C)C(=O)c1ccc(Br)cc1. The molecule has 0 radical (unpaired) electrons. The van der Waals surface area contributed by atoms with Crippen molar-refractivity contribution in [2.24, 2.45) is 0 Å². The number of rotatable bonds is 8. The first-order valence-corrected chi connectivity index (χ1v) is 13.0. The highest BCUT2D eigenvalue weighted by atomic mass is 79.9. The molecule has 9 nitrogen and oxygen atoms in total. The van der Waals surface area contributed by atoms with Gasteiger partial charge in [0.1, 0.15) is 6.17 Å². The molecule has 14 heteroatoms. The van der Waals surface area contributed by atoms with Crippen molar-refractivity contribution in [3.8, 4) is 0 Å². The summed E-state index contributed by atoms with van der Waals surface area (Å²) in [5, 5.41) is 0. The lowest BCUT2D eigenvalue weighted by Crippen LogP contribution is -2.55. The summed E-state index contributed by atoms with van der Waals surface area (Å²) in [7, 11) is -9.04. The maximum atomic E-state index is 12.9. The molecular formula is C16H21BrN2O7S4. The van der Waals surface area contributed by atoms with Gasteiger partial charge >= 0.3 is 0 Å². The van der Waals surface area contributed by atoms with Crippen LogP contribution in [-0.2, 0) is 29.5 Å². The zero-order valence-corrected chi connectivity index (χ0v) is 21.3. The van der Waals surface area contributed by atoms with Gasteiger partial charge in [-0.1, -0.05) is 28.1 Å². The molecule has 0 saturated carbocycles. The highest BCUT2D eigenvalue weighted by Crippen LogP contribution is 2.13. The topological polar surface area (TPSA) is 128 Å². The van der Waals surface area contributed by atoms with E-state index in [2.05, 4.69) is 15.9 Å². The van der Waals surface area contributed by atoms with Crippen LogP contribution in [-0.4, -0.2) is 49.8 Å². The average Bonchev–Trinajstić information content (AvgIpc) is 2.59. The van der Waals surface area contributed by atoms with Gasteiger partial charge in [0.25, 0.3) is 28.8 Å². The molecule has 1 aromatic rings. The normalized spacial score (nSPS) is 12.3. The predicted octanol–water partition coefficient (Wildman–Crippen LogP) is 2.22. The number of hydrogen-bond donors (Lipinski definition) is 2. The number of sulfonamides is 2. The van der Waals surface area contributed by atoms with Gasteiger partial charge in [0.15, 0.2) is 5.78 Å². The molecule has 0 bridgehead atoms. The van der Waals surface area contributed by atoms with Gasteiger partial charge in [-0.2, -0.15) is 9.44 Å². The Labute approximate surface area is 195 Å². The molecule has 0 aromatic heterocycles. The lowest BCUT2D eigenvalue weighted by Gasteiger charge is -2.21. The quantitative estimate of drug-likeness (QED) is 0.279. The lowest BCUT2D eigenvalue weighted by molar-refractivity contribution is 0.0948. The van der Waals surface area contributed by atoms with E-state index in [0.29, 0.717) is 4.47 Å². The molecule has 0 aliphatic heterocycles. The first-order chi connectivity index (χ1) is 13.7. The van der Waals surface area contributed by atoms with Crippen molar-refractivity contribution in [2.75, 3.05) is 0 Å². The molecule has 0 atom stereocenters. The number of hydrogen-bond acceptors (Lipinski definition) is 9. The Kier molecular flexibility index (Phi) is 9.92. The standard InChI is InChI=1S/C16H21BrN2O7S4/c1-9(2)25-15(27)29(21,22)18-14(13(20)11-5-7-12(17)8-6-11)19-30(23,24)16(28)26-10(3)4/h5-10,14,18-19H,1-4H3. The van der Waals surface area contributed by atoms with E-state index >= 15 is 0 Å². The van der Waals surface area contributed by atoms with Gasteiger partial charge in [-0.05, 0) is 64.3 Å². The Morgan fingerprint density at radius 3 is 1.57 bits per heavy atom. The Morgan fingerprint density at radius 2 is 1.23 bits per heavy atom. The fraction of sp³-hybridized carbons (Fsp3) is 0.438. The predicted molar refractivity (Wildman–Crippen MR) is 124 cm³/mol. The van der Waals surface area contributed by atoms with Crippen LogP contribution < -0.4 is 9.44 Å². The number of benzene rings is 1. The van der Waals surface area contributed by atoms with Crippen molar-refractivity contribution in [1.29, 1.82) is 0 Å². The molecule has 0 amide bonds. The molecule has 168 valence electrons. The van der Waals surface area contributed by atoms with E-state index in [0.717, 1.165) is 0 Å². The minimum Gasteiger partial charge on any atom is -0.472 e. The molecule has 1 rings (SSSR count). The van der Waals surface area contributed by atoms with Crippen LogP contribution in [0.3, 0.4) is 0 Å². The van der Waals surface area contributed by atoms with Crippen LogP contribution in [0, 0.1) is 0 Å². The number of ether oxygens (including phenoxy) is 2. The number of carbonyl (C=O) groups is 1. The van der Waals surface area contributed by atoms with Crippen molar-refractivity contribution in [3.63, 3.8) is 0 Å². The second-order valence-corrected chi connectivity index (χ2v) is 11.8. The number of nitrogens with one attached hydrogen (secondary N) is 2. The Hall–Kier alpha value is -1.03. The Balaban J connectivity index is 3.28. The molecular weight excluding hydrogens is 540 g/mol. The summed E-state index contributed by atoms with van der Waals surface area (Å²) in [6, 6.07) is 5.83.